The molecule has 0 amide bonds. The number of halogens is 2. The normalized spacial score (nSPS) is 16.7. The third-order valence-electron chi connectivity index (χ3n) is 4.22. The quantitative estimate of drug-likeness (QED) is 0.865. The van der Waals surface area contributed by atoms with Crippen molar-refractivity contribution < 1.29 is 0 Å². The lowest BCUT2D eigenvalue weighted by Gasteiger charge is -2.36. The minimum atomic E-state index is 0. The van der Waals surface area contributed by atoms with E-state index in [0.29, 0.717) is 6.04 Å². The Morgan fingerprint density at radius 2 is 1.81 bits per heavy atom. The Kier molecular flexibility index (Phi) is 10.3. The molecule has 0 radical (unpaired) electrons. The van der Waals surface area contributed by atoms with Crippen molar-refractivity contribution >= 4 is 24.8 Å². The maximum Gasteiger partial charge on any atom is 0.0351 e. The molecule has 1 saturated heterocycles. The number of hydrogen-bond acceptors (Lipinski definition) is 2. The first kappa shape index (κ1) is 20.7. The van der Waals surface area contributed by atoms with Gasteiger partial charge in [-0.3, -0.25) is 4.90 Å². The van der Waals surface area contributed by atoms with Gasteiger partial charge in [0.2, 0.25) is 0 Å². The molecule has 2 nitrogen and oxygen atoms in total. The van der Waals surface area contributed by atoms with Crippen molar-refractivity contribution in [1.82, 2.24) is 10.2 Å². The van der Waals surface area contributed by atoms with Gasteiger partial charge in [-0.05, 0) is 31.4 Å². The smallest absolute Gasteiger partial charge is 0.0351 e. The predicted molar refractivity (Wildman–Crippen MR) is 97.1 cm³/mol. The third-order valence-corrected chi connectivity index (χ3v) is 4.22. The molecule has 1 atom stereocenters. The average molecular weight is 333 g/mol. The Morgan fingerprint density at radius 3 is 2.43 bits per heavy atom. The standard InChI is InChI=1S/C17H28N2.2ClH/c1-4-5-6-17(19-11-9-18-10-12-19)16-13-14(2)7-8-15(16)3;;/h7-8,13,17-18H,4-6,9-12H2,1-3H3;2*1H/t17-;;/m0../s1. The average Bonchev–Trinajstić information content (AvgIpc) is 2.44. The fraction of sp³-hybridized carbons (Fsp3) is 0.647. The van der Waals surface area contributed by atoms with Crippen molar-refractivity contribution in [3.8, 4) is 0 Å². The molecule has 1 aromatic rings. The molecule has 122 valence electrons. The molecule has 1 aliphatic rings. The van der Waals surface area contributed by atoms with Crippen LogP contribution in [0, 0.1) is 13.8 Å². The number of nitrogens with one attached hydrogen (secondary N) is 1. The van der Waals surface area contributed by atoms with E-state index in [0.717, 1.165) is 13.1 Å². The van der Waals surface area contributed by atoms with E-state index >= 15 is 0 Å². The van der Waals surface area contributed by atoms with Gasteiger partial charge in [-0.25, -0.2) is 0 Å². The molecule has 21 heavy (non-hydrogen) atoms. The van der Waals surface area contributed by atoms with Gasteiger partial charge >= 0.3 is 0 Å². The molecular weight excluding hydrogens is 303 g/mol. The lowest BCUT2D eigenvalue weighted by Crippen LogP contribution is -2.45. The van der Waals surface area contributed by atoms with Gasteiger partial charge in [0.05, 0.1) is 0 Å². The molecule has 0 unspecified atom stereocenters. The van der Waals surface area contributed by atoms with Crippen LogP contribution in [0.25, 0.3) is 0 Å². The summed E-state index contributed by atoms with van der Waals surface area (Å²) in [5.41, 5.74) is 4.39. The Balaban J connectivity index is 0.00000200. The topological polar surface area (TPSA) is 15.3 Å². The summed E-state index contributed by atoms with van der Waals surface area (Å²) in [5.74, 6) is 0. The van der Waals surface area contributed by atoms with Crippen molar-refractivity contribution in [1.29, 1.82) is 0 Å². The van der Waals surface area contributed by atoms with Gasteiger partial charge in [0.1, 0.15) is 0 Å². The SMILES string of the molecule is CCCC[C@@H](c1cc(C)ccc1C)N1CCNCC1.Cl.Cl. The van der Waals surface area contributed by atoms with Crippen molar-refractivity contribution in [2.24, 2.45) is 0 Å². The summed E-state index contributed by atoms with van der Waals surface area (Å²) in [6.07, 6.45) is 3.90. The van der Waals surface area contributed by atoms with Crippen LogP contribution in [-0.2, 0) is 0 Å². The number of rotatable bonds is 5. The molecular formula is C17H30Cl2N2. The van der Waals surface area contributed by atoms with Crippen molar-refractivity contribution in [3.63, 3.8) is 0 Å². The van der Waals surface area contributed by atoms with E-state index in [1.165, 1.54) is 43.5 Å². The molecule has 1 aromatic carbocycles. The van der Waals surface area contributed by atoms with Gasteiger partial charge in [-0.2, -0.15) is 0 Å². The Hall–Kier alpha value is -0.280. The van der Waals surface area contributed by atoms with E-state index < -0.39 is 0 Å². The monoisotopic (exact) mass is 332 g/mol. The van der Waals surface area contributed by atoms with Gasteiger partial charge in [-0.15, -0.1) is 24.8 Å². The summed E-state index contributed by atoms with van der Waals surface area (Å²) in [6.45, 7) is 11.4. The fourth-order valence-corrected chi connectivity index (χ4v) is 3.04. The highest BCUT2D eigenvalue weighted by Gasteiger charge is 2.22. The highest BCUT2D eigenvalue weighted by Crippen LogP contribution is 2.29. The van der Waals surface area contributed by atoms with Crippen LogP contribution < -0.4 is 5.32 Å². The van der Waals surface area contributed by atoms with E-state index in [1.807, 2.05) is 0 Å². The number of aryl methyl sites for hydroxylation is 2. The van der Waals surface area contributed by atoms with E-state index in [2.05, 4.69) is 49.2 Å². The molecule has 0 saturated carbocycles. The number of hydrogen-bond donors (Lipinski definition) is 1. The van der Waals surface area contributed by atoms with E-state index in [9.17, 15) is 0 Å². The summed E-state index contributed by atoms with van der Waals surface area (Å²) in [7, 11) is 0. The highest BCUT2D eigenvalue weighted by atomic mass is 35.5. The summed E-state index contributed by atoms with van der Waals surface area (Å²) in [5, 5.41) is 3.46. The first-order chi connectivity index (χ1) is 9.22. The van der Waals surface area contributed by atoms with Gasteiger partial charge in [-0.1, -0.05) is 43.5 Å². The number of nitrogens with zero attached hydrogens (tertiary/aromatic N) is 1. The maximum absolute atomic E-state index is 3.46. The van der Waals surface area contributed by atoms with E-state index in [4.69, 9.17) is 0 Å². The Bertz CT molecular complexity index is 404. The minimum Gasteiger partial charge on any atom is -0.314 e. The summed E-state index contributed by atoms with van der Waals surface area (Å²) in [6, 6.07) is 7.53. The Morgan fingerprint density at radius 1 is 1.14 bits per heavy atom. The number of piperazine rings is 1. The molecule has 0 bridgehead atoms. The Labute approximate surface area is 142 Å². The zero-order chi connectivity index (χ0) is 13.7. The molecule has 2 rings (SSSR count). The fourth-order valence-electron chi connectivity index (χ4n) is 3.04. The van der Waals surface area contributed by atoms with Crippen LogP contribution in [-0.4, -0.2) is 31.1 Å². The number of unbranched alkanes of at least 4 members (excludes halogenated alkanes) is 1. The van der Waals surface area contributed by atoms with Crippen LogP contribution in [0.2, 0.25) is 0 Å². The zero-order valence-corrected chi connectivity index (χ0v) is 15.2. The van der Waals surface area contributed by atoms with Crippen LogP contribution in [0.15, 0.2) is 18.2 Å². The van der Waals surface area contributed by atoms with Crippen LogP contribution in [0.1, 0.15) is 48.9 Å². The summed E-state index contributed by atoms with van der Waals surface area (Å²) >= 11 is 0. The van der Waals surface area contributed by atoms with E-state index in [-0.39, 0.29) is 24.8 Å². The summed E-state index contributed by atoms with van der Waals surface area (Å²) < 4.78 is 0. The van der Waals surface area contributed by atoms with Crippen LogP contribution in [0.5, 0.6) is 0 Å². The van der Waals surface area contributed by atoms with Crippen LogP contribution >= 0.6 is 24.8 Å². The zero-order valence-electron chi connectivity index (χ0n) is 13.5. The lowest BCUT2D eigenvalue weighted by atomic mass is 9.93. The molecule has 1 heterocycles. The molecule has 0 aromatic heterocycles. The van der Waals surface area contributed by atoms with Gasteiger partial charge < -0.3 is 5.32 Å². The van der Waals surface area contributed by atoms with Crippen LogP contribution in [0.3, 0.4) is 0 Å². The first-order valence-corrected chi connectivity index (χ1v) is 7.74. The molecule has 0 aliphatic carbocycles. The maximum atomic E-state index is 3.46. The van der Waals surface area contributed by atoms with Crippen molar-refractivity contribution in [3.05, 3.63) is 34.9 Å². The molecule has 1 aliphatic heterocycles. The van der Waals surface area contributed by atoms with Crippen molar-refractivity contribution in [2.75, 3.05) is 26.2 Å². The second kappa shape index (κ2) is 10.4. The molecule has 0 spiro atoms. The molecule has 1 fully saturated rings. The minimum absolute atomic E-state index is 0. The predicted octanol–water partition coefficient (Wildman–Crippen LogP) is 4.28. The number of benzene rings is 1. The molecule has 1 N–H and O–H groups in total. The second-order valence-corrected chi connectivity index (χ2v) is 5.80. The van der Waals surface area contributed by atoms with Gasteiger partial charge in [0, 0.05) is 32.2 Å². The van der Waals surface area contributed by atoms with Crippen molar-refractivity contribution in [2.45, 2.75) is 46.1 Å². The third kappa shape index (κ3) is 5.78. The van der Waals surface area contributed by atoms with Gasteiger partial charge in [0.25, 0.3) is 0 Å². The molecule has 4 heteroatoms. The summed E-state index contributed by atoms with van der Waals surface area (Å²) in [4.78, 5) is 2.67. The first-order valence-electron chi connectivity index (χ1n) is 7.74. The highest BCUT2D eigenvalue weighted by molar-refractivity contribution is 5.85. The lowest BCUT2D eigenvalue weighted by molar-refractivity contribution is 0.162. The van der Waals surface area contributed by atoms with E-state index in [1.54, 1.807) is 5.56 Å². The van der Waals surface area contributed by atoms with Gasteiger partial charge in [0.15, 0.2) is 0 Å². The second-order valence-electron chi connectivity index (χ2n) is 5.80. The van der Waals surface area contributed by atoms with Crippen LogP contribution in [0.4, 0.5) is 0 Å². The largest absolute Gasteiger partial charge is 0.314 e.